The van der Waals surface area contributed by atoms with Crippen LogP contribution in [-0.2, 0) is 17.8 Å². The average molecular weight is 360 g/mol. The van der Waals surface area contributed by atoms with E-state index in [9.17, 15) is 4.79 Å². The van der Waals surface area contributed by atoms with E-state index >= 15 is 0 Å². The highest BCUT2D eigenvalue weighted by Crippen LogP contribution is 2.29. The highest BCUT2D eigenvalue weighted by atomic mass is 32.1. The van der Waals surface area contributed by atoms with Crippen molar-refractivity contribution < 1.29 is 4.79 Å². The third-order valence-corrected chi connectivity index (χ3v) is 5.38. The molecule has 0 radical (unpaired) electrons. The third-order valence-electron chi connectivity index (χ3n) is 4.80. The Balaban J connectivity index is 1.55. The molecule has 0 saturated carbocycles. The highest BCUT2D eigenvalue weighted by Gasteiger charge is 2.26. The van der Waals surface area contributed by atoms with Crippen molar-refractivity contribution >= 4 is 34.0 Å². The van der Waals surface area contributed by atoms with Crippen molar-refractivity contribution in [3.8, 4) is 11.5 Å². The Kier molecular flexibility index (Phi) is 3.57. The van der Waals surface area contributed by atoms with E-state index in [2.05, 4.69) is 11.1 Å². The summed E-state index contributed by atoms with van der Waals surface area (Å²) in [7, 11) is 0. The summed E-state index contributed by atoms with van der Waals surface area (Å²) in [6, 6.07) is 16.0. The summed E-state index contributed by atoms with van der Waals surface area (Å²) in [4.78, 5) is 24.1. The van der Waals surface area contributed by atoms with Crippen LogP contribution in [0.4, 0.5) is 5.69 Å². The number of aromatic nitrogens is 3. The Bertz CT molecular complexity index is 1100. The average Bonchev–Trinajstić information content (AvgIpc) is 3.40. The Labute approximate surface area is 154 Å². The van der Waals surface area contributed by atoms with Crippen LogP contribution in [-0.4, -0.2) is 27.0 Å². The molecule has 6 heteroatoms. The second-order valence-corrected chi connectivity index (χ2v) is 7.03. The molecule has 5 nitrogen and oxygen atoms in total. The van der Waals surface area contributed by atoms with Crippen molar-refractivity contribution in [1.82, 2.24) is 14.5 Å². The molecule has 0 fully saturated rings. The molecule has 128 valence electrons. The van der Waals surface area contributed by atoms with Gasteiger partial charge in [-0.1, -0.05) is 30.3 Å². The van der Waals surface area contributed by atoms with Gasteiger partial charge in [-0.05, 0) is 30.2 Å². The van der Waals surface area contributed by atoms with E-state index in [1.807, 2.05) is 57.3 Å². The summed E-state index contributed by atoms with van der Waals surface area (Å²) in [5.74, 6) is 0.822. The fourth-order valence-corrected chi connectivity index (χ4v) is 4.10. The Morgan fingerprint density at radius 2 is 1.96 bits per heavy atom. The lowest BCUT2D eigenvalue weighted by atomic mass is 10.2. The lowest BCUT2D eigenvalue weighted by molar-refractivity contribution is -0.119. The molecule has 4 aromatic rings. The number of thiazole rings is 1. The minimum absolute atomic E-state index is 0.0783. The van der Waals surface area contributed by atoms with Crippen molar-refractivity contribution in [2.75, 3.05) is 11.4 Å². The minimum Gasteiger partial charge on any atom is -0.313 e. The lowest BCUT2D eigenvalue weighted by Crippen LogP contribution is -2.32. The number of hydrogen-bond donors (Lipinski definition) is 0. The summed E-state index contributed by atoms with van der Waals surface area (Å²) in [6.45, 7) is 0.985. The number of rotatable bonds is 3. The molecular formula is C20H16N4OS. The maximum absolute atomic E-state index is 13.1. The van der Waals surface area contributed by atoms with Crippen molar-refractivity contribution in [3.63, 3.8) is 0 Å². The first kappa shape index (κ1) is 15.3. The van der Waals surface area contributed by atoms with Crippen LogP contribution in [0, 0.1) is 0 Å². The second-order valence-electron chi connectivity index (χ2n) is 6.31. The van der Waals surface area contributed by atoms with Crippen molar-refractivity contribution in [2.24, 2.45) is 0 Å². The molecule has 5 rings (SSSR count). The van der Waals surface area contributed by atoms with E-state index < -0.39 is 0 Å². The topological polar surface area (TPSA) is 51.0 Å². The van der Waals surface area contributed by atoms with Gasteiger partial charge < -0.3 is 9.47 Å². The van der Waals surface area contributed by atoms with Crippen LogP contribution in [0.2, 0.25) is 0 Å². The summed E-state index contributed by atoms with van der Waals surface area (Å²) in [5.41, 5.74) is 6.69. The molecule has 1 aliphatic rings. The predicted molar refractivity (Wildman–Crippen MR) is 103 cm³/mol. The summed E-state index contributed by atoms with van der Waals surface area (Å²) < 4.78 is 1.98. The summed E-state index contributed by atoms with van der Waals surface area (Å²) >= 11 is 1.53. The van der Waals surface area contributed by atoms with Gasteiger partial charge in [-0.2, -0.15) is 0 Å². The predicted octanol–water partition coefficient (Wildman–Crippen LogP) is 3.75. The fraction of sp³-hybridized carbons (Fsp3) is 0.150. The molecule has 0 unspecified atom stereocenters. The number of nitrogens with zero attached hydrogens (tertiary/aromatic N) is 4. The van der Waals surface area contributed by atoms with Gasteiger partial charge in [0.2, 0.25) is 5.91 Å². The molecule has 0 spiro atoms. The van der Waals surface area contributed by atoms with E-state index in [4.69, 9.17) is 4.98 Å². The Morgan fingerprint density at radius 1 is 1.12 bits per heavy atom. The Morgan fingerprint density at radius 3 is 2.85 bits per heavy atom. The van der Waals surface area contributed by atoms with E-state index in [0.717, 1.165) is 41.2 Å². The molecule has 2 aromatic heterocycles. The van der Waals surface area contributed by atoms with Crippen LogP contribution < -0.4 is 4.90 Å². The normalized spacial score (nSPS) is 13.3. The molecule has 0 atom stereocenters. The number of para-hydroxylation sites is 3. The number of hydrogen-bond acceptors (Lipinski definition) is 4. The minimum atomic E-state index is 0.0783. The van der Waals surface area contributed by atoms with E-state index in [0.29, 0.717) is 0 Å². The quantitative estimate of drug-likeness (QED) is 0.559. The molecule has 3 heterocycles. The van der Waals surface area contributed by atoms with Crippen LogP contribution >= 0.6 is 11.3 Å². The zero-order valence-electron chi connectivity index (χ0n) is 14.0. The molecule has 1 aliphatic heterocycles. The van der Waals surface area contributed by atoms with E-state index in [-0.39, 0.29) is 12.5 Å². The highest BCUT2D eigenvalue weighted by molar-refractivity contribution is 7.07. The first-order valence-corrected chi connectivity index (χ1v) is 9.47. The Hall–Kier alpha value is -2.99. The maximum atomic E-state index is 13.1. The van der Waals surface area contributed by atoms with Crippen LogP contribution in [0.3, 0.4) is 0 Å². The third kappa shape index (κ3) is 2.42. The van der Waals surface area contributed by atoms with Gasteiger partial charge in [-0.15, -0.1) is 11.3 Å². The van der Waals surface area contributed by atoms with Gasteiger partial charge in [0.25, 0.3) is 0 Å². The molecule has 1 amide bonds. The van der Waals surface area contributed by atoms with Crippen LogP contribution in [0.15, 0.2) is 59.4 Å². The molecule has 0 aliphatic carbocycles. The SMILES string of the molecule is O=C(Cn1c(-c2cscn2)nc2ccccc21)N1CCc2ccccc21. The number of carbonyl (C=O) groups excluding carboxylic acids is 1. The number of fused-ring (bicyclic) bond motifs is 2. The first-order chi connectivity index (χ1) is 12.8. The van der Waals surface area contributed by atoms with Crippen LogP contribution in [0.5, 0.6) is 0 Å². The summed E-state index contributed by atoms with van der Waals surface area (Å²) in [6.07, 6.45) is 0.908. The number of anilines is 1. The first-order valence-electron chi connectivity index (χ1n) is 8.53. The van der Waals surface area contributed by atoms with E-state index in [1.165, 1.54) is 16.9 Å². The van der Waals surface area contributed by atoms with E-state index in [1.54, 1.807) is 5.51 Å². The van der Waals surface area contributed by atoms with Gasteiger partial charge in [0, 0.05) is 17.6 Å². The van der Waals surface area contributed by atoms with Gasteiger partial charge >= 0.3 is 0 Å². The second kappa shape index (κ2) is 6.07. The van der Waals surface area contributed by atoms with Crippen LogP contribution in [0.1, 0.15) is 5.56 Å². The fourth-order valence-electron chi connectivity index (χ4n) is 3.57. The molecule has 0 bridgehead atoms. The van der Waals surface area contributed by atoms with Gasteiger partial charge in [-0.3, -0.25) is 4.79 Å². The van der Waals surface area contributed by atoms with Crippen molar-refractivity contribution in [2.45, 2.75) is 13.0 Å². The monoisotopic (exact) mass is 360 g/mol. The molecule has 2 aromatic carbocycles. The number of benzene rings is 2. The molecular weight excluding hydrogens is 344 g/mol. The number of amides is 1. The standard InChI is InChI=1S/C20H16N4OS/c25-19(23-10-9-14-5-1-3-7-17(14)23)11-24-18-8-4-2-6-15(18)22-20(24)16-12-26-13-21-16/h1-8,12-13H,9-11H2. The van der Waals surface area contributed by atoms with Crippen LogP contribution in [0.25, 0.3) is 22.6 Å². The lowest BCUT2D eigenvalue weighted by Gasteiger charge is -2.18. The number of carbonyl (C=O) groups is 1. The van der Waals surface area contributed by atoms with Crippen molar-refractivity contribution in [1.29, 1.82) is 0 Å². The maximum Gasteiger partial charge on any atom is 0.247 e. The van der Waals surface area contributed by atoms with Gasteiger partial charge in [0.1, 0.15) is 12.2 Å². The molecule has 0 saturated heterocycles. The van der Waals surface area contributed by atoms with Crippen molar-refractivity contribution in [3.05, 3.63) is 65.0 Å². The zero-order chi connectivity index (χ0) is 17.5. The summed E-state index contributed by atoms with van der Waals surface area (Å²) in [5, 5.41) is 1.97. The molecule has 26 heavy (non-hydrogen) atoms. The van der Waals surface area contributed by atoms with Gasteiger partial charge in [-0.25, -0.2) is 9.97 Å². The largest absolute Gasteiger partial charge is 0.313 e. The molecule has 0 N–H and O–H groups in total. The van der Waals surface area contributed by atoms with Gasteiger partial charge in [0.05, 0.1) is 16.5 Å². The number of imidazole rings is 1. The zero-order valence-corrected chi connectivity index (χ0v) is 14.8. The van der Waals surface area contributed by atoms with Gasteiger partial charge in [0.15, 0.2) is 5.82 Å². The smallest absolute Gasteiger partial charge is 0.247 e.